The molecule has 1 N–H and O–H groups in total. The molecule has 0 radical (unpaired) electrons. The second kappa shape index (κ2) is 9.02. The Hall–Kier alpha value is -3.94. The van der Waals surface area contributed by atoms with Gasteiger partial charge in [-0.1, -0.05) is 62.4 Å². The molecule has 1 amide bonds. The number of aliphatic hydroxyl groups is 1. The Labute approximate surface area is 202 Å². The molecular formula is C27H25F2N3O3. The number of ketones is 1. The van der Waals surface area contributed by atoms with Crippen molar-refractivity contribution < 1.29 is 23.5 Å². The number of hydrogen-bond acceptors (Lipinski definition) is 5. The Morgan fingerprint density at radius 2 is 1.57 bits per heavy atom. The van der Waals surface area contributed by atoms with Crippen LogP contribution in [-0.4, -0.2) is 26.8 Å². The molecule has 1 fully saturated rings. The summed E-state index contributed by atoms with van der Waals surface area (Å²) in [4.78, 5) is 35.8. The molecule has 6 nitrogen and oxygen atoms in total. The van der Waals surface area contributed by atoms with Gasteiger partial charge in [-0.15, -0.1) is 0 Å². The quantitative estimate of drug-likeness (QED) is 0.292. The maximum Gasteiger partial charge on any atom is 0.302 e. The van der Waals surface area contributed by atoms with Crippen LogP contribution >= 0.6 is 0 Å². The van der Waals surface area contributed by atoms with Crippen molar-refractivity contribution in [3.63, 3.8) is 0 Å². The van der Waals surface area contributed by atoms with E-state index in [0.29, 0.717) is 11.1 Å². The molecule has 0 aliphatic carbocycles. The zero-order valence-corrected chi connectivity index (χ0v) is 19.8. The van der Waals surface area contributed by atoms with Crippen molar-refractivity contribution in [3.8, 4) is 0 Å². The highest BCUT2D eigenvalue weighted by Crippen LogP contribution is 2.41. The van der Waals surface area contributed by atoms with Crippen LogP contribution in [0.5, 0.6) is 0 Å². The molecule has 0 spiro atoms. The summed E-state index contributed by atoms with van der Waals surface area (Å²) in [6.45, 7) is 6.63. The van der Waals surface area contributed by atoms with Gasteiger partial charge in [0, 0.05) is 30.4 Å². The highest BCUT2D eigenvalue weighted by molar-refractivity contribution is 6.51. The average molecular weight is 478 g/mol. The molecular weight excluding hydrogens is 452 g/mol. The number of halogens is 2. The van der Waals surface area contributed by atoms with Gasteiger partial charge in [0.2, 0.25) is 5.95 Å². The van der Waals surface area contributed by atoms with Gasteiger partial charge in [0.1, 0.15) is 5.76 Å². The van der Waals surface area contributed by atoms with E-state index in [1.54, 1.807) is 19.1 Å². The van der Waals surface area contributed by atoms with Gasteiger partial charge in [-0.05, 0) is 29.5 Å². The van der Waals surface area contributed by atoms with Gasteiger partial charge in [0.15, 0.2) is 0 Å². The van der Waals surface area contributed by atoms with Crippen molar-refractivity contribution >= 4 is 23.4 Å². The summed E-state index contributed by atoms with van der Waals surface area (Å²) < 4.78 is 27.6. The normalized spacial score (nSPS) is 17.9. The predicted molar refractivity (Wildman–Crippen MR) is 128 cm³/mol. The van der Waals surface area contributed by atoms with E-state index in [0.717, 1.165) is 23.0 Å². The lowest BCUT2D eigenvalue weighted by Gasteiger charge is -2.24. The SMILES string of the molecule is Cc1cnc(N2C(=O)C(=O)C(=C(O)c3ccc(C(C)C)cc3)C2c2ccc(C(C)(F)F)cc2)nc1. The largest absolute Gasteiger partial charge is 0.507 e. The summed E-state index contributed by atoms with van der Waals surface area (Å²) in [5, 5.41) is 11.2. The predicted octanol–water partition coefficient (Wildman–Crippen LogP) is 5.65. The van der Waals surface area contributed by atoms with Crippen LogP contribution in [0.1, 0.15) is 60.5 Å². The minimum atomic E-state index is -3.06. The molecule has 35 heavy (non-hydrogen) atoms. The number of hydrogen-bond donors (Lipinski definition) is 1. The van der Waals surface area contributed by atoms with E-state index in [9.17, 15) is 23.5 Å². The highest BCUT2D eigenvalue weighted by atomic mass is 19.3. The number of alkyl halides is 2. The molecule has 1 unspecified atom stereocenters. The first-order valence-electron chi connectivity index (χ1n) is 11.2. The van der Waals surface area contributed by atoms with E-state index >= 15 is 0 Å². The Morgan fingerprint density at radius 3 is 2.09 bits per heavy atom. The number of Topliss-reactive ketones (excluding diaryl/α,β-unsaturated/α-hetero) is 1. The molecule has 2 heterocycles. The maximum absolute atomic E-state index is 13.8. The van der Waals surface area contributed by atoms with Crippen molar-refractivity contribution in [1.82, 2.24) is 9.97 Å². The van der Waals surface area contributed by atoms with Crippen LogP contribution in [0.25, 0.3) is 5.76 Å². The van der Waals surface area contributed by atoms with Crippen molar-refractivity contribution in [2.75, 3.05) is 4.90 Å². The number of benzene rings is 2. The standard InChI is InChI=1S/C27H25F2N3O3/c1-15(2)17-5-7-19(8-6-17)23(33)21-22(18-9-11-20(12-10-18)27(4,28)29)32(25(35)24(21)34)26-30-13-16(3)14-31-26/h5-15,22,33H,1-4H3. The molecule has 180 valence electrons. The summed E-state index contributed by atoms with van der Waals surface area (Å²) in [5.74, 6) is -4.99. The minimum Gasteiger partial charge on any atom is -0.507 e. The summed E-state index contributed by atoms with van der Waals surface area (Å²) >= 11 is 0. The molecule has 0 saturated carbocycles. The number of carbonyl (C=O) groups excluding carboxylic acids is 2. The molecule has 8 heteroatoms. The molecule has 4 rings (SSSR count). The van der Waals surface area contributed by atoms with Crippen LogP contribution in [0, 0.1) is 6.92 Å². The van der Waals surface area contributed by atoms with Crippen LogP contribution in [0.15, 0.2) is 66.5 Å². The summed E-state index contributed by atoms with van der Waals surface area (Å²) in [5.41, 5.74) is 2.14. The molecule has 1 aromatic heterocycles. The van der Waals surface area contributed by atoms with Gasteiger partial charge in [-0.2, -0.15) is 0 Å². The number of aliphatic hydroxyl groups excluding tert-OH is 1. The molecule has 3 aromatic rings. The highest BCUT2D eigenvalue weighted by Gasteiger charge is 2.48. The van der Waals surface area contributed by atoms with Gasteiger partial charge in [0.05, 0.1) is 11.6 Å². The van der Waals surface area contributed by atoms with Crippen molar-refractivity contribution in [1.29, 1.82) is 0 Å². The van der Waals surface area contributed by atoms with Crippen LogP contribution in [0.2, 0.25) is 0 Å². The van der Waals surface area contributed by atoms with Crippen LogP contribution in [0.4, 0.5) is 14.7 Å². The van der Waals surface area contributed by atoms with Crippen molar-refractivity contribution in [3.05, 3.63) is 94.3 Å². The van der Waals surface area contributed by atoms with Crippen molar-refractivity contribution in [2.45, 2.75) is 45.6 Å². The van der Waals surface area contributed by atoms with E-state index < -0.39 is 23.7 Å². The van der Waals surface area contributed by atoms with Gasteiger partial charge in [-0.25, -0.2) is 18.7 Å². The van der Waals surface area contributed by atoms with E-state index in [4.69, 9.17) is 0 Å². The molecule has 1 aliphatic heterocycles. The number of rotatable bonds is 5. The lowest BCUT2D eigenvalue weighted by molar-refractivity contribution is -0.132. The summed E-state index contributed by atoms with van der Waals surface area (Å²) in [7, 11) is 0. The van der Waals surface area contributed by atoms with E-state index in [2.05, 4.69) is 9.97 Å². The number of aryl methyl sites for hydroxylation is 1. The van der Waals surface area contributed by atoms with Crippen LogP contribution in [0.3, 0.4) is 0 Å². The summed E-state index contributed by atoms with van der Waals surface area (Å²) in [6.07, 6.45) is 3.01. The number of anilines is 1. The molecule has 1 saturated heterocycles. The first-order valence-corrected chi connectivity index (χ1v) is 11.2. The lowest BCUT2D eigenvalue weighted by atomic mass is 9.93. The Bertz CT molecular complexity index is 1290. The third-order valence-corrected chi connectivity index (χ3v) is 6.01. The van der Waals surface area contributed by atoms with Gasteiger partial charge in [0.25, 0.3) is 11.7 Å². The molecule has 1 aliphatic rings. The first kappa shape index (κ1) is 24.2. The lowest BCUT2D eigenvalue weighted by Crippen LogP contribution is -2.31. The second-order valence-corrected chi connectivity index (χ2v) is 9.02. The molecule has 0 bridgehead atoms. The van der Waals surface area contributed by atoms with Gasteiger partial charge < -0.3 is 5.11 Å². The Balaban J connectivity index is 1.89. The summed E-state index contributed by atoms with van der Waals surface area (Å²) in [6, 6.07) is 11.3. The number of aromatic nitrogens is 2. The van der Waals surface area contributed by atoms with Crippen molar-refractivity contribution in [2.24, 2.45) is 0 Å². The third-order valence-electron chi connectivity index (χ3n) is 6.01. The van der Waals surface area contributed by atoms with Crippen LogP contribution in [-0.2, 0) is 15.5 Å². The first-order chi connectivity index (χ1) is 16.5. The minimum absolute atomic E-state index is 0.0261. The number of amides is 1. The topological polar surface area (TPSA) is 83.4 Å². The fourth-order valence-corrected chi connectivity index (χ4v) is 4.00. The molecule has 1 atom stereocenters. The van der Waals surface area contributed by atoms with Crippen LogP contribution < -0.4 is 4.90 Å². The smallest absolute Gasteiger partial charge is 0.302 e. The maximum atomic E-state index is 13.8. The van der Waals surface area contributed by atoms with E-state index in [-0.39, 0.29) is 28.8 Å². The zero-order valence-electron chi connectivity index (χ0n) is 19.8. The average Bonchev–Trinajstić information content (AvgIpc) is 3.09. The van der Waals surface area contributed by atoms with E-state index in [1.807, 2.05) is 26.0 Å². The monoisotopic (exact) mass is 477 g/mol. The number of nitrogens with zero attached hydrogens (tertiary/aromatic N) is 3. The molecule has 2 aromatic carbocycles. The zero-order chi connectivity index (χ0) is 25.5. The Morgan fingerprint density at radius 1 is 1.00 bits per heavy atom. The second-order valence-electron chi connectivity index (χ2n) is 9.02. The number of carbonyl (C=O) groups is 2. The van der Waals surface area contributed by atoms with E-state index in [1.165, 1.54) is 36.7 Å². The fourth-order valence-electron chi connectivity index (χ4n) is 4.00. The Kier molecular flexibility index (Phi) is 6.23. The fraction of sp³-hybridized carbons (Fsp3) is 0.259. The van der Waals surface area contributed by atoms with Gasteiger partial charge in [-0.3, -0.25) is 14.5 Å². The van der Waals surface area contributed by atoms with Gasteiger partial charge >= 0.3 is 5.91 Å². The third kappa shape index (κ3) is 4.56.